The number of rotatable bonds is 4. The Balaban J connectivity index is 1.74. The molecule has 24 heavy (non-hydrogen) atoms. The molecule has 126 valence electrons. The van der Waals surface area contributed by atoms with Gasteiger partial charge in [-0.3, -0.25) is 0 Å². The summed E-state index contributed by atoms with van der Waals surface area (Å²) in [5.74, 6) is -1.47. The SMILES string of the molecule is O=C(O[C@H]1CS(=O)(=O)C[C@@H]1Nc1ccccc1)c1ccc(F)cc1. The molecule has 1 aliphatic heterocycles. The Morgan fingerprint density at radius 2 is 1.71 bits per heavy atom. The molecule has 0 unspecified atom stereocenters. The van der Waals surface area contributed by atoms with Gasteiger partial charge in [-0.25, -0.2) is 17.6 Å². The van der Waals surface area contributed by atoms with E-state index in [9.17, 15) is 17.6 Å². The van der Waals surface area contributed by atoms with Crippen LogP contribution in [0.25, 0.3) is 0 Å². The first-order chi connectivity index (χ1) is 11.4. The minimum atomic E-state index is -3.30. The zero-order valence-corrected chi connectivity index (χ0v) is 13.5. The number of benzene rings is 2. The molecule has 2 aromatic rings. The molecule has 0 saturated carbocycles. The van der Waals surface area contributed by atoms with Crippen LogP contribution in [0.5, 0.6) is 0 Å². The van der Waals surface area contributed by atoms with Crippen molar-refractivity contribution in [3.63, 3.8) is 0 Å². The van der Waals surface area contributed by atoms with Gasteiger partial charge in [-0.15, -0.1) is 0 Å². The number of carbonyl (C=O) groups is 1. The Kier molecular flexibility index (Phi) is 4.53. The number of hydrogen-bond acceptors (Lipinski definition) is 5. The highest BCUT2D eigenvalue weighted by molar-refractivity contribution is 7.91. The van der Waals surface area contributed by atoms with Crippen LogP contribution in [0.2, 0.25) is 0 Å². The number of esters is 1. The number of ether oxygens (including phenoxy) is 1. The van der Waals surface area contributed by atoms with E-state index < -0.39 is 33.8 Å². The number of para-hydroxylation sites is 1. The van der Waals surface area contributed by atoms with Crippen LogP contribution in [0.1, 0.15) is 10.4 Å². The second-order valence-electron chi connectivity index (χ2n) is 5.64. The average Bonchev–Trinajstić information content (AvgIpc) is 2.82. The highest BCUT2D eigenvalue weighted by atomic mass is 32.2. The molecule has 7 heteroatoms. The molecule has 0 amide bonds. The lowest BCUT2D eigenvalue weighted by atomic mass is 10.2. The highest BCUT2D eigenvalue weighted by Crippen LogP contribution is 2.21. The molecule has 1 heterocycles. The predicted octanol–water partition coefficient (Wildman–Crippen LogP) is 2.26. The van der Waals surface area contributed by atoms with Gasteiger partial charge in [0.15, 0.2) is 9.84 Å². The van der Waals surface area contributed by atoms with Crippen molar-refractivity contribution in [1.29, 1.82) is 0 Å². The molecule has 0 aliphatic carbocycles. The summed E-state index contributed by atoms with van der Waals surface area (Å²) in [5.41, 5.74) is 0.932. The van der Waals surface area contributed by atoms with E-state index in [1.165, 1.54) is 12.1 Å². The van der Waals surface area contributed by atoms with Crippen molar-refractivity contribution in [1.82, 2.24) is 0 Å². The molecular formula is C17H16FNO4S. The van der Waals surface area contributed by atoms with Gasteiger partial charge in [0.2, 0.25) is 0 Å². The van der Waals surface area contributed by atoms with E-state index in [1.807, 2.05) is 30.3 Å². The smallest absolute Gasteiger partial charge is 0.338 e. The second kappa shape index (κ2) is 6.60. The van der Waals surface area contributed by atoms with E-state index in [4.69, 9.17) is 4.74 Å². The van der Waals surface area contributed by atoms with Gasteiger partial charge in [-0.05, 0) is 36.4 Å². The number of carbonyl (C=O) groups excluding carboxylic acids is 1. The molecule has 2 aromatic carbocycles. The maximum atomic E-state index is 12.9. The van der Waals surface area contributed by atoms with Crippen molar-refractivity contribution in [2.75, 3.05) is 16.8 Å². The lowest BCUT2D eigenvalue weighted by Gasteiger charge is -2.21. The summed E-state index contributed by atoms with van der Waals surface area (Å²) in [4.78, 5) is 12.2. The zero-order chi connectivity index (χ0) is 17.2. The second-order valence-corrected chi connectivity index (χ2v) is 7.80. The van der Waals surface area contributed by atoms with Crippen LogP contribution in [0.4, 0.5) is 10.1 Å². The summed E-state index contributed by atoms with van der Waals surface area (Å²) in [6.07, 6.45) is -0.798. The summed E-state index contributed by atoms with van der Waals surface area (Å²) in [6.45, 7) is 0. The molecule has 3 rings (SSSR count). The van der Waals surface area contributed by atoms with Crippen LogP contribution in [0.15, 0.2) is 54.6 Å². The van der Waals surface area contributed by atoms with Crippen molar-refractivity contribution < 1.29 is 22.3 Å². The first kappa shape index (κ1) is 16.4. The summed E-state index contributed by atoms with van der Waals surface area (Å²) >= 11 is 0. The van der Waals surface area contributed by atoms with E-state index in [0.717, 1.165) is 17.8 Å². The maximum Gasteiger partial charge on any atom is 0.338 e. The predicted molar refractivity (Wildman–Crippen MR) is 88.1 cm³/mol. The molecule has 1 N–H and O–H groups in total. The molecule has 0 radical (unpaired) electrons. The summed E-state index contributed by atoms with van der Waals surface area (Å²) in [5, 5.41) is 3.10. The van der Waals surface area contributed by atoms with Crippen LogP contribution >= 0.6 is 0 Å². The first-order valence-electron chi connectivity index (χ1n) is 7.41. The number of nitrogens with one attached hydrogen (secondary N) is 1. The van der Waals surface area contributed by atoms with Gasteiger partial charge in [0, 0.05) is 5.69 Å². The van der Waals surface area contributed by atoms with Gasteiger partial charge in [-0.2, -0.15) is 0 Å². The minimum absolute atomic E-state index is 0.108. The third-order valence-electron chi connectivity index (χ3n) is 3.76. The van der Waals surface area contributed by atoms with Crippen LogP contribution in [0, 0.1) is 5.82 Å². The molecule has 1 fully saturated rings. The van der Waals surface area contributed by atoms with E-state index in [2.05, 4.69) is 5.32 Å². The fourth-order valence-electron chi connectivity index (χ4n) is 2.61. The summed E-state index contributed by atoms with van der Waals surface area (Å²) < 4.78 is 42.1. The normalized spacial score (nSPS) is 22.0. The van der Waals surface area contributed by atoms with Gasteiger partial charge in [0.05, 0.1) is 23.1 Å². The quantitative estimate of drug-likeness (QED) is 0.857. The fraction of sp³-hybridized carbons (Fsp3) is 0.235. The average molecular weight is 349 g/mol. The van der Waals surface area contributed by atoms with Crippen molar-refractivity contribution in [2.24, 2.45) is 0 Å². The lowest BCUT2D eigenvalue weighted by molar-refractivity contribution is 0.0336. The van der Waals surface area contributed by atoms with Gasteiger partial charge in [-0.1, -0.05) is 18.2 Å². The Morgan fingerprint density at radius 3 is 2.38 bits per heavy atom. The standard InChI is InChI=1S/C17H16FNO4S/c18-13-8-6-12(7-9-13)17(20)23-16-11-24(21,22)10-15(16)19-14-4-2-1-3-5-14/h1-9,15-16,19H,10-11H2/t15-,16-/m0/s1. The number of halogens is 1. The molecule has 5 nitrogen and oxygen atoms in total. The summed E-state index contributed by atoms with van der Waals surface area (Å²) in [6, 6.07) is 13.5. The van der Waals surface area contributed by atoms with E-state index >= 15 is 0 Å². The number of hydrogen-bond donors (Lipinski definition) is 1. The fourth-order valence-corrected chi connectivity index (χ4v) is 4.39. The van der Waals surface area contributed by atoms with Crippen molar-refractivity contribution in [3.05, 3.63) is 66.0 Å². The Bertz CT molecular complexity index is 821. The third kappa shape index (κ3) is 3.91. The minimum Gasteiger partial charge on any atom is -0.455 e. The van der Waals surface area contributed by atoms with Gasteiger partial charge in [0.1, 0.15) is 11.9 Å². The molecule has 1 aliphatic rings. The van der Waals surface area contributed by atoms with Crippen molar-refractivity contribution in [2.45, 2.75) is 12.1 Å². The molecule has 2 atom stereocenters. The molecular weight excluding hydrogens is 333 g/mol. The lowest BCUT2D eigenvalue weighted by Crippen LogP contribution is -2.35. The zero-order valence-electron chi connectivity index (χ0n) is 12.7. The Hall–Kier alpha value is -2.41. The van der Waals surface area contributed by atoms with E-state index in [-0.39, 0.29) is 17.1 Å². The summed E-state index contributed by atoms with van der Waals surface area (Å²) in [7, 11) is -3.30. The Morgan fingerprint density at radius 1 is 1.04 bits per heavy atom. The molecule has 0 bridgehead atoms. The van der Waals surface area contributed by atoms with Crippen LogP contribution < -0.4 is 5.32 Å². The van der Waals surface area contributed by atoms with Gasteiger partial charge in [0.25, 0.3) is 0 Å². The molecule has 0 aromatic heterocycles. The van der Waals surface area contributed by atoms with Crippen molar-refractivity contribution in [3.8, 4) is 0 Å². The molecule has 1 saturated heterocycles. The van der Waals surface area contributed by atoms with E-state index in [0.29, 0.717) is 0 Å². The van der Waals surface area contributed by atoms with Crippen LogP contribution in [0.3, 0.4) is 0 Å². The van der Waals surface area contributed by atoms with Crippen molar-refractivity contribution >= 4 is 21.5 Å². The van der Waals surface area contributed by atoms with E-state index in [1.54, 1.807) is 0 Å². The van der Waals surface area contributed by atoms with Crippen LogP contribution in [-0.2, 0) is 14.6 Å². The Labute approximate surface area is 139 Å². The monoisotopic (exact) mass is 349 g/mol. The van der Waals surface area contributed by atoms with Gasteiger partial charge < -0.3 is 10.1 Å². The molecule has 0 spiro atoms. The number of sulfone groups is 1. The highest BCUT2D eigenvalue weighted by Gasteiger charge is 2.40. The number of anilines is 1. The van der Waals surface area contributed by atoms with Gasteiger partial charge >= 0.3 is 5.97 Å². The largest absolute Gasteiger partial charge is 0.455 e. The topological polar surface area (TPSA) is 72.5 Å². The third-order valence-corrected chi connectivity index (χ3v) is 5.47. The maximum absolute atomic E-state index is 12.9. The first-order valence-corrected chi connectivity index (χ1v) is 9.24. The van der Waals surface area contributed by atoms with Crippen LogP contribution in [-0.4, -0.2) is 38.0 Å².